The van der Waals surface area contributed by atoms with Crippen molar-refractivity contribution in [2.24, 2.45) is 18.2 Å². The minimum atomic E-state index is 0.0485. The molecule has 0 unspecified atom stereocenters. The maximum absolute atomic E-state index is 5.84. The van der Waals surface area contributed by atoms with Crippen LogP contribution in [0.15, 0.2) is 6.07 Å². The topological polar surface area (TPSA) is 47.1 Å². The molecule has 0 aromatic carbocycles. The van der Waals surface area contributed by atoms with Crippen LogP contribution in [0.3, 0.4) is 0 Å². The van der Waals surface area contributed by atoms with Crippen molar-refractivity contribution in [1.82, 2.24) is 14.7 Å². The van der Waals surface area contributed by atoms with Gasteiger partial charge in [0.2, 0.25) is 0 Å². The highest BCUT2D eigenvalue weighted by molar-refractivity contribution is 7.80. The molecule has 1 aromatic heterocycles. The molecule has 0 spiro atoms. The molecular formula is C14H24N4S. The van der Waals surface area contributed by atoms with Gasteiger partial charge in [0.05, 0.1) is 16.4 Å². The molecule has 19 heavy (non-hydrogen) atoms. The summed E-state index contributed by atoms with van der Waals surface area (Å²) in [5.74, 6) is 0. The van der Waals surface area contributed by atoms with Crippen molar-refractivity contribution in [3.63, 3.8) is 0 Å². The molecule has 2 rings (SSSR count). The summed E-state index contributed by atoms with van der Waals surface area (Å²) in [7, 11) is 2.03. The zero-order valence-electron chi connectivity index (χ0n) is 12.1. The fourth-order valence-corrected chi connectivity index (χ4v) is 2.78. The van der Waals surface area contributed by atoms with Gasteiger partial charge in [0.15, 0.2) is 0 Å². The van der Waals surface area contributed by atoms with Crippen LogP contribution in [-0.4, -0.2) is 32.8 Å². The van der Waals surface area contributed by atoms with Gasteiger partial charge in [0.1, 0.15) is 0 Å². The van der Waals surface area contributed by atoms with E-state index in [1.54, 1.807) is 0 Å². The Bertz CT molecular complexity index is 458. The molecule has 0 bridgehead atoms. The molecule has 1 fully saturated rings. The number of rotatable bonds is 4. The summed E-state index contributed by atoms with van der Waals surface area (Å²) in [4.78, 5) is 3.14. The van der Waals surface area contributed by atoms with Gasteiger partial charge >= 0.3 is 0 Å². The second-order valence-corrected chi connectivity index (χ2v) is 6.25. The predicted octanol–water partition coefficient (Wildman–Crippen LogP) is 1.87. The Hall–Kier alpha value is -0.940. The maximum atomic E-state index is 5.84. The average molecular weight is 280 g/mol. The number of nitrogens with two attached hydrogens (primary N) is 1. The lowest BCUT2D eigenvalue weighted by Gasteiger charge is -2.38. The third-order valence-corrected chi connectivity index (χ3v) is 4.82. The highest BCUT2D eigenvalue weighted by atomic mass is 32.1. The Morgan fingerprint density at radius 1 is 1.47 bits per heavy atom. The molecule has 1 aliphatic heterocycles. The number of hydrogen-bond acceptors (Lipinski definition) is 3. The SMILES string of the molecule is CCc1cc(CN2CCC(C)(C(N)=S)CC2)n(C)n1. The molecule has 0 aliphatic carbocycles. The van der Waals surface area contributed by atoms with Gasteiger partial charge in [-0.2, -0.15) is 5.10 Å². The first-order chi connectivity index (χ1) is 8.94. The smallest absolute Gasteiger partial charge is 0.0788 e. The van der Waals surface area contributed by atoms with Crippen LogP contribution in [0.5, 0.6) is 0 Å². The second-order valence-electron chi connectivity index (χ2n) is 5.81. The number of piperidine rings is 1. The molecule has 1 aromatic rings. The Morgan fingerprint density at radius 3 is 2.58 bits per heavy atom. The summed E-state index contributed by atoms with van der Waals surface area (Å²) >= 11 is 5.18. The number of hydrogen-bond donors (Lipinski definition) is 1. The zero-order chi connectivity index (χ0) is 14.0. The first-order valence-corrected chi connectivity index (χ1v) is 7.39. The normalized spacial score (nSPS) is 19.5. The van der Waals surface area contributed by atoms with Gasteiger partial charge in [0.25, 0.3) is 0 Å². The molecule has 1 saturated heterocycles. The van der Waals surface area contributed by atoms with Crippen LogP contribution >= 0.6 is 12.2 Å². The lowest BCUT2D eigenvalue weighted by Crippen LogP contribution is -2.44. The third-order valence-electron chi connectivity index (χ3n) is 4.33. The zero-order valence-corrected chi connectivity index (χ0v) is 13.0. The first kappa shape index (κ1) is 14.5. The van der Waals surface area contributed by atoms with E-state index in [1.807, 2.05) is 11.7 Å². The summed E-state index contributed by atoms with van der Waals surface area (Å²) in [6.45, 7) is 7.41. The van der Waals surface area contributed by atoms with E-state index in [1.165, 1.54) is 11.4 Å². The van der Waals surface area contributed by atoms with E-state index < -0.39 is 0 Å². The number of thiocarbonyl (C=S) groups is 1. The number of likely N-dealkylation sites (tertiary alicyclic amines) is 1. The monoisotopic (exact) mass is 280 g/mol. The van der Waals surface area contributed by atoms with E-state index in [0.29, 0.717) is 4.99 Å². The van der Waals surface area contributed by atoms with Gasteiger partial charge in [-0.05, 0) is 38.4 Å². The van der Waals surface area contributed by atoms with Gasteiger partial charge in [-0.1, -0.05) is 26.1 Å². The number of nitrogens with zero attached hydrogens (tertiary/aromatic N) is 3. The van der Waals surface area contributed by atoms with Crippen molar-refractivity contribution in [2.75, 3.05) is 13.1 Å². The van der Waals surface area contributed by atoms with Crippen LogP contribution in [0.2, 0.25) is 0 Å². The fourth-order valence-electron chi connectivity index (χ4n) is 2.57. The molecule has 4 nitrogen and oxygen atoms in total. The minimum absolute atomic E-state index is 0.0485. The lowest BCUT2D eigenvalue weighted by atomic mass is 9.80. The molecule has 2 N–H and O–H groups in total. The van der Waals surface area contributed by atoms with Gasteiger partial charge in [-0.25, -0.2) is 0 Å². The summed E-state index contributed by atoms with van der Waals surface area (Å²) < 4.78 is 2.00. The molecule has 0 amide bonds. The van der Waals surface area contributed by atoms with Crippen LogP contribution in [0.25, 0.3) is 0 Å². The lowest BCUT2D eigenvalue weighted by molar-refractivity contribution is 0.155. The maximum Gasteiger partial charge on any atom is 0.0788 e. The van der Waals surface area contributed by atoms with E-state index in [0.717, 1.165) is 38.9 Å². The van der Waals surface area contributed by atoms with E-state index in [4.69, 9.17) is 18.0 Å². The largest absolute Gasteiger partial charge is 0.393 e. The molecule has 106 valence electrons. The van der Waals surface area contributed by atoms with Gasteiger partial charge in [0, 0.05) is 19.0 Å². The van der Waals surface area contributed by atoms with Crippen LogP contribution in [-0.2, 0) is 20.0 Å². The highest BCUT2D eigenvalue weighted by Gasteiger charge is 2.32. The summed E-state index contributed by atoms with van der Waals surface area (Å²) in [5, 5.41) is 4.50. The van der Waals surface area contributed by atoms with Crippen LogP contribution in [0, 0.1) is 5.41 Å². The Labute approximate surface area is 121 Å². The molecule has 1 aliphatic rings. The van der Waals surface area contributed by atoms with E-state index >= 15 is 0 Å². The molecule has 0 radical (unpaired) electrons. The summed E-state index contributed by atoms with van der Waals surface area (Å²) in [6.07, 6.45) is 3.11. The standard InChI is InChI=1S/C14H24N4S/c1-4-11-9-12(17(3)16-11)10-18-7-5-14(2,6-8-18)13(15)19/h9H,4-8,10H2,1-3H3,(H2,15,19). The van der Waals surface area contributed by atoms with Crippen molar-refractivity contribution in [1.29, 1.82) is 0 Å². The van der Waals surface area contributed by atoms with Gasteiger partial charge in [-0.15, -0.1) is 0 Å². The predicted molar refractivity (Wildman–Crippen MR) is 82.0 cm³/mol. The molecule has 5 heteroatoms. The van der Waals surface area contributed by atoms with Crippen LogP contribution in [0.1, 0.15) is 38.1 Å². The summed E-state index contributed by atoms with van der Waals surface area (Å²) in [5.41, 5.74) is 8.35. The fraction of sp³-hybridized carbons (Fsp3) is 0.714. The minimum Gasteiger partial charge on any atom is -0.393 e. The molecule has 2 heterocycles. The van der Waals surface area contributed by atoms with Crippen molar-refractivity contribution in [3.8, 4) is 0 Å². The van der Waals surface area contributed by atoms with Crippen molar-refractivity contribution < 1.29 is 0 Å². The van der Waals surface area contributed by atoms with E-state index in [9.17, 15) is 0 Å². The highest BCUT2D eigenvalue weighted by Crippen LogP contribution is 2.31. The Kier molecular flexibility index (Phi) is 4.26. The van der Waals surface area contributed by atoms with Crippen molar-refractivity contribution in [3.05, 3.63) is 17.5 Å². The Morgan fingerprint density at radius 2 is 2.11 bits per heavy atom. The average Bonchev–Trinajstić information content (AvgIpc) is 2.73. The van der Waals surface area contributed by atoms with Crippen LogP contribution < -0.4 is 5.73 Å². The molecular weight excluding hydrogens is 256 g/mol. The van der Waals surface area contributed by atoms with Gasteiger partial charge in [-0.3, -0.25) is 9.58 Å². The third kappa shape index (κ3) is 3.15. The van der Waals surface area contributed by atoms with Gasteiger partial charge < -0.3 is 5.73 Å². The summed E-state index contributed by atoms with van der Waals surface area (Å²) in [6, 6.07) is 2.21. The number of aromatic nitrogens is 2. The van der Waals surface area contributed by atoms with Crippen LogP contribution in [0.4, 0.5) is 0 Å². The number of aryl methyl sites for hydroxylation is 2. The molecule has 0 saturated carbocycles. The van der Waals surface area contributed by atoms with E-state index in [2.05, 4.69) is 29.9 Å². The second kappa shape index (κ2) is 5.59. The van der Waals surface area contributed by atoms with E-state index in [-0.39, 0.29) is 5.41 Å². The van der Waals surface area contributed by atoms with Crippen molar-refractivity contribution in [2.45, 2.75) is 39.7 Å². The van der Waals surface area contributed by atoms with Crippen molar-refractivity contribution >= 4 is 17.2 Å². The molecule has 0 atom stereocenters. The first-order valence-electron chi connectivity index (χ1n) is 6.98. The Balaban J connectivity index is 1.95. The quantitative estimate of drug-likeness (QED) is 0.855.